The van der Waals surface area contributed by atoms with Crippen LogP contribution in [0.1, 0.15) is 37.5 Å². The summed E-state index contributed by atoms with van der Waals surface area (Å²) < 4.78 is 1.22. The summed E-state index contributed by atoms with van der Waals surface area (Å²) in [4.78, 5) is 16.9. The van der Waals surface area contributed by atoms with E-state index in [0.29, 0.717) is 18.5 Å². The van der Waals surface area contributed by atoms with Crippen LogP contribution in [0.4, 0.5) is 0 Å². The van der Waals surface area contributed by atoms with Crippen LogP contribution in [0.5, 0.6) is 0 Å². The molecule has 0 bridgehead atoms. The summed E-state index contributed by atoms with van der Waals surface area (Å²) in [5, 5.41) is 3.30. The van der Waals surface area contributed by atoms with Crippen molar-refractivity contribution in [3.8, 4) is 0 Å². The second-order valence-electron chi connectivity index (χ2n) is 7.50. The number of nitrogens with one attached hydrogen (secondary N) is 3. The van der Waals surface area contributed by atoms with Gasteiger partial charge in [-0.15, -0.1) is 11.3 Å². The molecular weight excluding hydrogens is 386 g/mol. The van der Waals surface area contributed by atoms with Gasteiger partial charge in [0.1, 0.15) is 32.7 Å². The number of carbonyl (C=O) groups excluding carboxylic acids is 1. The third-order valence-corrected chi connectivity index (χ3v) is 7.21. The molecule has 0 unspecified atom stereocenters. The van der Waals surface area contributed by atoms with E-state index in [9.17, 15) is 4.79 Å². The monoisotopic (exact) mass is 415 g/mol. The first-order valence-corrected chi connectivity index (χ1v) is 10.9. The Balaban J connectivity index is 1.37. The minimum absolute atomic E-state index is 0.259. The van der Waals surface area contributed by atoms with Gasteiger partial charge in [0.15, 0.2) is 6.54 Å². The number of thiophene rings is 1. The molecular formula is C18H30BrN3OS+2. The minimum Gasteiger partial charge on any atom is -0.348 e. The molecule has 6 heteroatoms. The molecule has 2 atom stereocenters. The summed E-state index contributed by atoms with van der Waals surface area (Å²) in [5.41, 5.74) is 0. The van der Waals surface area contributed by atoms with Gasteiger partial charge >= 0.3 is 0 Å². The summed E-state index contributed by atoms with van der Waals surface area (Å²) in [6.45, 7) is 8.60. The van der Waals surface area contributed by atoms with Gasteiger partial charge in [-0.3, -0.25) is 4.79 Å². The van der Waals surface area contributed by atoms with Crippen LogP contribution in [0.3, 0.4) is 0 Å². The Hall–Kier alpha value is -0.430. The van der Waals surface area contributed by atoms with E-state index in [0.717, 1.165) is 39.1 Å². The quantitative estimate of drug-likeness (QED) is 0.643. The summed E-state index contributed by atoms with van der Waals surface area (Å²) >= 11 is 5.38. The number of halogens is 1. The molecule has 1 aromatic rings. The highest BCUT2D eigenvalue weighted by atomic mass is 79.9. The van der Waals surface area contributed by atoms with Crippen LogP contribution in [0.15, 0.2) is 15.9 Å². The molecule has 0 spiro atoms. The molecule has 1 saturated carbocycles. The second-order valence-corrected chi connectivity index (χ2v) is 10.0. The lowest BCUT2D eigenvalue weighted by Gasteiger charge is -2.31. The zero-order valence-corrected chi connectivity index (χ0v) is 17.0. The predicted molar refractivity (Wildman–Crippen MR) is 102 cm³/mol. The number of rotatable bonds is 5. The molecule has 1 saturated heterocycles. The Bertz CT molecular complexity index is 542. The van der Waals surface area contributed by atoms with Gasteiger partial charge in [-0.05, 0) is 46.8 Å². The third-order valence-electron chi connectivity index (χ3n) is 5.59. The van der Waals surface area contributed by atoms with Crippen LogP contribution in [0, 0.1) is 5.92 Å². The van der Waals surface area contributed by atoms with Gasteiger partial charge in [-0.2, -0.15) is 0 Å². The van der Waals surface area contributed by atoms with Crippen LogP contribution >= 0.6 is 27.3 Å². The van der Waals surface area contributed by atoms with Crippen molar-refractivity contribution in [3.63, 3.8) is 0 Å². The third kappa shape index (κ3) is 5.28. The molecule has 1 amide bonds. The fraction of sp³-hybridized carbons (Fsp3) is 0.722. The molecule has 3 rings (SSSR count). The van der Waals surface area contributed by atoms with Crippen molar-refractivity contribution >= 4 is 33.2 Å². The van der Waals surface area contributed by atoms with Crippen molar-refractivity contribution in [2.24, 2.45) is 5.92 Å². The Morgan fingerprint density at radius 2 is 1.92 bits per heavy atom. The average Bonchev–Trinajstić information content (AvgIpc) is 2.96. The van der Waals surface area contributed by atoms with Crippen molar-refractivity contribution in [1.29, 1.82) is 0 Å². The first kappa shape index (κ1) is 18.4. The van der Waals surface area contributed by atoms with Gasteiger partial charge < -0.3 is 15.1 Å². The van der Waals surface area contributed by atoms with Crippen molar-refractivity contribution in [3.05, 3.63) is 20.8 Å². The van der Waals surface area contributed by atoms with Gasteiger partial charge in [-0.25, -0.2) is 0 Å². The number of piperazine rings is 1. The van der Waals surface area contributed by atoms with E-state index < -0.39 is 0 Å². The molecule has 3 N–H and O–H groups in total. The molecule has 134 valence electrons. The molecule has 2 heterocycles. The first-order chi connectivity index (χ1) is 11.6. The van der Waals surface area contributed by atoms with Crippen LogP contribution in [0.25, 0.3) is 0 Å². The number of carbonyl (C=O) groups is 1. The number of quaternary nitrogens is 2. The molecule has 2 fully saturated rings. The maximum atomic E-state index is 12.4. The van der Waals surface area contributed by atoms with Gasteiger partial charge in [0.05, 0.1) is 8.66 Å². The van der Waals surface area contributed by atoms with E-state index in [4.69, 9.17) is 0 Å². The topological polar surface area (TPSA) is 38.0 Å². The van der Waals surface area contributed by atoms with E-state index in [1.807, 2.05) is 11.3 Å². The van der Waals surface area contributed by atoms with Crippen LogP contribution in [-0.4, -0.2) is 44.7 Å². The van der Waals surface area contributed by atoms with E-state index >= 15 is 0 Å². The first-order valence-electron chi connectivity index (χ1n) is 9.31. The molecule has 24 heavy (non-hydrogen) atoms. The van der Waals surface area contributed by atoms with Crippen molar-refractivity contribution in [2.45, 2.75) is 45.2 Å². The van der Waals surface area contributed by atoms with Crippen LogP contribution < -0.4 is 15.1 Å². The van der Waals surface area contributed by atoms with Gasteiger partial charge in [0, 0.05) is 6.04 Å². The second kappa shape index (κ2) is 8.79. The Kier molecular flexibility index (Phi) is 6.72. The number of amides is 1. The van der Waals surface area contributed by atoms with E-state index in [1.165, 1.54) is 32.8 Å². The van der Waals surface area contributed by atoms with E-state index in [-0.39, 0.29) is 5.91 Å². The highest BCUT2D eigenvalue weighted by molar-refractivity contribution is 9.11. The van der Waals surface area contributed by atoms with Crippen molar-refractivity contribution in [2.75, 3.05) is 32.7 Å². The molecule has 4 nitrogen and oxygen atoms in total. The van der Waals surface area contributed by atoms with Crippen LogP contribution in [-0.2, 0) is 11.3 Å². The van der Waals surface area contributed by atoms with Gasteiger partial charge in [-0.1, -0.05) is 19.8 Å². The lowest BCUT2D eigenvalue weighted by atomic mass is 9.86. The summed E-state index contributed by atoms with van der Waals surface area (Å²) in [5.74, 6) is 0.901. The van der Waals surface area contributed by atoms with Crippen molar-refractivity contribution < 1.29 is 14.6 Å². The lowest BCUT2D eigenvalue weighted by Crippen LogP contribution is -3.28. The largest absolute Gasteiger partial charge is 0.348 e. The van der Waals surface area contributed by atoms with Crippen LogP contribution in [0.2, 0.25) is 0 Å². The van der Waals surface area contributed by atoms with Crippen molar-refractivity contribution in [1.82, 2.24) is 5.32 Å². The lowest BCUT2D eigenvalue weighted by molar-refractivity contribution is -1.01. The summed E-state index contributed by atoms with van der Waals surface area (Å²) in [7, 11) is 0. The maximum Gasteiger partial charge on any atom is 0.275 e. The molecule has 0 aromatic carbocycles. The smallest absolute Gasteiger partial charge is 0.275 e. The number of hydrogen-bond acceptors (Lipinski definition) is 2. The van der Waals surface area contributed by atoms with Gasteiger partial charge in [0.25, 0.3) is 5.91 Å². The summed E-state index contributed by atoms with van der Waals surface area (Å²) in [6, 6.07) is 4.77. The predicted octanol–water partition coefficient (Wildman–Crippen LogP) is 0.489. The zero-order chi connectivity index (χ0) is 16.9. The Labute approximate surface area is 157 Å². The highest BCUT2D eigenvalue weighted by Crippen LogP contribution is 2.23. The average molecular weight is 416 g/mol. The maximum absolute atomic E-state index is 12.4. The zero-order valence-electron chi connectivity index (χ0n) is 14.6. The molecule has 1 aliphatic carbocycles. The fourth-order valence-electron chi connectivity index (χ4n) is 4.02. The highest BCUT2D eigenvalue weighted by Gasteiger charge is 2.27. The SMILES string of the molecule is C[C@H]1CCCC[C@@H]1NC(=O)C[NH+]1CC[NH+](Cc2ccc(Br)s2)CC1. The van der Waals surface area contributed by atoms with Gasteiger partial charge in [0.2, 0.25) is 0 Å². The Morgan fingerprint density at radius 1 is 1.21 bits per heavy atom. The normalized spacial score (nSPS) is 30.9. The molecule has 1 aliphatic heterocycles. The minimum atomic E-state index is 0.259. The standard InChI is InChI=1S/C18H28BrN3OS/c1-14-4-2-3-5-16(14)20-18(23)13-22-10-8-21(9-11-22)12-15-6-7-17(19)24-15/h6-7,14,16H,2-5,8-13H2,1H3,(H,20,23)/p+2/t14-,16-/m0/s1. The molecule has 0 radical (unpaired) electrons. The molecule has 1 aromatic heterocycles. The van der Waals surface area contributed by atoms with E-state index in [2.05, 4.69) is 40.3 Å². The fourth-order valence-corrected chi connectivity index (χ4v) is 5.57. The van der Waals surface area contributed by atoms with E-state index in [1.54, 1.807) is 4.90 Å². The Morgan fingerprint density at radius 3 is 2.58 bits per heavy atom. The summed E-state index contributed by atoms with van der Waals surface area (Å²) in [6.07, 6.45) is 5.02. The number of hydrogen-bond donors (Lipinski definition) is 3. The molecule has 2 aliphatic rings.